The van der Waals surface area contributed by atoms with E-state index in [1.807, 2.05) is 18.2 Å². The van der Waals surface area contributed by atoms with E-state index >= 15 is 0 Å². The van der Waals surface area contributed by atoms with Crippen molar-refractivity contribution in [1.82, 2.24) is 5.32 Å². The van der Waals surface area contributed by atoms with Crippen molar-refractivity contribution >= 4 is 17.5 Å². The number of amides is 2. The number of para-hydroxylation sites is 1. The summed E-state index contributed by atoms with van der Waals surface area (Å²) in [7, 11) is 0. The van der Waals surface area contributed by atoms with Crippen molar-refractivity contribution in [2.75, 3.05) is 11.9 Å². The molecule has 9 nitrogen and oxygen atoms in total. The van der Waals surface area contributed by atoms with Crippen LogP contribution in [0.3, 0.4) is 0 Å². The molecule has 2 amide bonds. The van der Waals surface area contributed by atoms with E-state index in [2.05, 4.69) is 10.6 Å². The van der Waals surface area contributed by atoms with Gasteiger partial charge in [-0.05, 0) is 39.8 Å². The van der Waals surface area contributed by atoms with Crippen LogP contribution in [0.2, 0.25) is 0 Å². The molecule has 0 spiro atoms. The van der Waals surface area contributed by atoms with Crippen LogP contribution >= 0.6 is 0 Å². The highest BCUT2D eigenvalue weighted by atomic mass is 16.9. The Hall–Kier alpha value is -2.04. The predicted molar refractivity (Wildman–Crippen MR) is 101 cm³/mol. The van der Waals surface area contributed by atoms with Crippen LogP contribution in [0.5, 0.6) is 0 Å². The quantitative estimate of drug-likeness (QED) is 0.773. The number of rotatable bonds is 4. The van der Waals surface area contributed by atoms with E-state index in [0.29, 0.717) is 5.69 Å². The van der Waals surface area contributed by atoms with Crippen LogP contribution in [0.1, 0.15) is 27.7 Å². The third-order valence-electron chi connectivity index (χ3n) is 4.89. The first-order valence-corrected chi connectivity index (χ1v) is 9.63. The summed E-state index contributed by atoms with van der Waals surface area (Å²) in [5.41, 5.74) is 0.650. The van der Waals surface area contributed by atoms with Crippen molar-refractivity contribution in [2.45, 2.75) is 70.0 Å². The van der Waals surface area contributed by atoms with Crippen molar-refractivity contribution in [3.63, 3.8) is 0 Å². The highest BCUT2D eigenvalue weighted by Gasteiger charge is 2.62. The number of nitrogens with one attached hydrogen (secondary N) is 2. The maximum Gasteiger partial charge on any atom is 0.252 e. The standard InChI is InChI=1S/C20H26N2O7/c1-19(2)26-13-14(27-19)16-18(29-20(3,4)28-16)25-15(13)17(24)21-10-12(23)22-11-8-6-5-7-9-11/h5-9,13-16,18H,10H2,1-4H3,(H,21,24)(H,22,23)/t13-,14+,15+,16+,18+/m1/s1. The van der Waals surface area contributed by atoms with E-state index in [-0.39, 0.29) is 12.5 Å². The molecular weight excluding hydrogens is 380 g/mol. The molecule has 0 radical (unpaired) electrons. The maximum absolute atomic E-state index is 12.8. The van der Waals surface area contributed by atoms with Crippen LogP contribution in [0, 0.1) is 0 Å². The van der Waals surface area contributed by atoms with Crippen LogP contribution in [-0.2, 0) is 33.3 Å². The molecule has 0 unspecified atom stereocenters. The molecule has 3 aliphatic heterocycles. The van der Waals surface area contributed by atoms with E-state index in [0.717, 1.165) is 0 Å². The summed E-state index contributed by atoms with van der Waals surface area (Å²) in [4.78, 5) is 24.9. The van der Waals surface area contributed by atoms with Gasteiger partial charge in [0, 0.05) is 5.69 Å². The average Bonchev–Trinajstić information content (AvgIpc) is 3.13. The zero-order valence-corrected chi connectivity index (χ0v) is 16.8. The van der Waals surface area contributed by atoms with Gasteiger partial charge < -0.3 is 34.3 Å². The van der Waals surface area contributed by atoms with E-state index in [9.17, 15) is 9.59 Å². The van der Waals surface area contributed by atoms with Gasteiger partial charge in [0.25, 0.3) is 5.91 Å². The fourth-order valence-corrected chi connectivity index (χ4v) is 3.82. The number of carbonyl (C=O) groups is 2. The van der Waals surface area contributed by atoms with Gasteiger partial charge in [0.1, 0.15) is 18.3 Å². The molecule has 3 aliphatic rings. The minimum atomic E-state index is -0.995. The van der Waals surface area contributed by atoms with E-state index in [1.165, 1.54) is 0 Å². The van der Waals surface area contributed by atoms with E-state index in [4.69, 9.17) is 23.7 Å². The van der Waals surface area contributed by atoms with Crippen molar-refractivity contribution in [2.24, 2.45) is 0 Å². The Kier molecular flexibility index (Phi) is 5.12. The molecule has 29 heavy (non-hydrogen) atoms. The number of carbonyl (C=O) groups excluding carboxylic acids is 2. The molecule has 0 bridgehead atoms. The largest absolute Gasteiger partial charge is 0.345 e. The Morgan fingerprint density at radius 1 is 0.897 bits per heavy atom. The normalized spacial score (nSPS) is 34.1. The molecule has 1 aromatic carbocycles. The summed E-state index contributed by atoms with van der Waals surface area (Å²) in [6.07, 6.45) is -3.48. The maximum atomic E-state index is 12.8. The second kappa shape index (κ2) is 7.33. The zero-order valence-electron chi connectivity index (χ0n) is 16.8. The Labute approximate surface area is 169 Å². The highest BCUT2D eigenvalue weighted by Crippen LogP contribution is 2.44. The van der Waals surface area contributed by atoms with Gasteiger partial charge in [-0.25, -0.2) is 0 Å². The van der Waals surface area contributed by atoms with Crippen molar-refractivity contribution in [3.05, 3.63) is 30.3 Å². The molecule has 9 heteroatoms. The molecule has 4 rings (SSSR count). The predicted octanol–water partition coefficient (Wildman–Crippen LogP) is 1.14. The highest BCUT2D eigenvalue weighted by molar-refractivity contribution is 5.95. The molecule has 0 aliphatic carbocycles. The lowest BCUT2D eigenvalue weighted by Crippen LogP contribution is -2.59. The number of ether oxygens (including phenoxy) is 5. The number of anilines is 1. The fourth-order valence-electron chi connectivity index (χ4n) is 3.82. The Bertz CT molecular complexity index is 782. The van der Waals surface area contributed by atoms with Gasteiger partial charge in [-0.2, -0.15) is 0 Å². The molecule has 0 saturated carbocycles. The summed E-state index contributed by atoms with van der Waals surface area (Å²) in [6, 6.07) is 9.00. The summed E-state index contributed by atoms with van der Waals surface area (Å²) >= 11 is 0. The lowest BCUT2D eigenvalue weighted by Gasteiger charge is -2.36. The monoisotopic (exact) mass is 406 g/mol. The van der Waals surface area contributed by atoms with Crippen molar-refractivity contribution < 1.29 is 33.3 Å². The Morgan fingerprint density at radius 2 is 1.52 bits per heavy atom. The third-order valence-corrected chi connectivity index (χ3v) is 4.89. The molecule has 0 aromatic heterocycles. The van der Waals surface area contributed by atoms with Gasteiger partial charge in [-0.15, -0.1) is 0 Å². The number of fused-ring (bicyclic) bond motifs is 3. The molecule has 1 aromatic rings. The summed E-state index contributed by atoms with van der Waals surface area (Å²) in [5.74, 6) is -2.58. The van der Waals surface area contributed by atoms with Gasteiger partial charge in [-0.1, -0.05) is 18.2 Å². The second-order valence-corrected chi connectivity index (χ2v) is 8.22. The topological polar surface area (TPSA) is 104 Å². The first-order chi connectivity index (χ1) is 13.6. The van der Waals surface area contributed by atoms with Gasteiger partial charge >= 0.3 is 0 Å². The molecule has 5 atom stereocenters. The van der Waals surface area contributed by atoms with Crippen LogP contribution < -0.4 is 10.6 Å². The first kappa shape index (κ1) is 20.2. The first-order valence-electron chi connectivity index (χ1n) is 9.63. The molecular formula is C20H26N2O7. The average molecular weight is 406 g/mol. The van der Waals surface area contributed by atoms with Gasteiger partial charge in [0.15, 0.2) is 24.0 Å². The van der Waals surface area contributed by atoms with Gasteiger partial charge in [0.05, 0.1) is 6.54 Å². The van der Waals surface area contributed by atoms with E-state index < -0.39 is 48.2 Å². The summed E-state index contributed by atoms with van der Waals surface area (Å²) in [5, 5.41) is 5.32. The molecule has 3 saturated heterocycles. The van der Waals surface area contributed by atoms with Crippen LogP contribution in [-0.4, -0.2) is 60.6 Å². The third kappa shape index (κ3) is 4.29. The number of hydrogen-bond acceptors (Lipinski definition) is 7. The Morgan fingerprint density at radius 3 is 2.24 bits per heavy atom. The molecule has 158 valence electrons. The zero-order chi connectivity index (χ0) is 20.8. The van der Waals surface area contributed by atoms with Crippen LogP contribution in [0.15, 0.2) is 30.3 Å². The lowest BCUT2D eigenvalue weighted by atomic mass is 9.98. The van der Waals surface area contributed by atoms with Crippen LogP contribution in [0.4, 0.5) is 5.69 Å². The Balaban J connectivity index is 1.41. The fraction of sp³-hybridized carbons (Fsp3) is 0.600. The molecule has 3 heterocycles. The smallest absolute Gasteiger partial charge is 0.252 e. The van der Waals surface area contributed by atoms with Gasteiger partial charge in [0.2, 0.25) is 5.91 Å². The minimum Gasteiger partial charge on any atom is -0.345 e. The lowest BCUT2D eigenvalue weighted by molar-refractivity contribution is -0.231. The molecule has 2 N–H and O–H groups in total. The molecule has 3 fully saturated rings. The second-order valence-electron chi connectivity index (χ2n) is 8.22. The number of benzene rings is 1. The van der Waals surface area contributed by atoms with E-state index in [1.54, 1.807) is 39.8 Å². The van der Waals surface area contributed by atoms with Crippen molar-refractivity contribution in [1.29, 1.82) is 0 Å². The number of hydrogen-bond donors (Lipinski definition) is 2. The van der Waals surface area contributed by atoms with Gasteiger partial charge in [-0.3, -0.25) is 9.59 Å². The van der Waals surface area contributed by atoms with Crippen LogP contribution in [0.25, 0.3) is 0 Å². The van der Waals surface area contributed by atoms with Crippen molar-refractivity contribution in [3.8, 4) is 0 Å². The SMILES string of the molecule is CC1(C)O[C@@H]2O[C@H](C(=O)NCC(=O)Nc3ccccc3)[C@@H]3OC(C)(C)O[C@@H]3[C@@H]2O1. The minimum absolute atomic E-state index is 0.202. The summed E-state index contributed by atoms with van der Waals surface area (Å²) in [6.45, 7) is 6.88. The summed E-state index contributed by atoms with van der Waals surface area (Å²) < 4.78 is 29.4.